The number of nitrogens with zero attached hydrogens (tertiary/aromatic N) is 1. The molecule has 3 aromatic carbocycles. The maximum absolute atomic E-state index is 13.1. The monoisotopic (exact) mass is 579 g/mol. The Kier molecular flexibility index (Phi) is 6.64. The number of nitrogens with one attached hydrogen (secondary N) is 2. The number of benzene rings is 3. The van der Waals surface area contributed by atoms with Crippen LogP contribution in [0.5, 0.6) is 0 Å². The molecule has 5 nitrogen and oxygen atoms in total. The second kappa shape index (κ2) is 9.47. The van der Waals surface area contributed by atoms with Gasteiger partial charge in [-0.2, -0.15) is 0 Å². The van der Waals surface area contributed by atoms with Gasteiger partial charge in [0.1, 0.15) is 4.33 Å². The van der Waals surface area contributed by atoms with Gasteiger partial charge in [0.2, 0.25) is 5.91 Å². The SMILES string of the molecule is Cn1ccc2c(NC(=O)c3cc(NC(=O)[C@H]4[C@H](c5cc(Cl)cc(Cl)c5)C4(Cl)Cl)ccc3Cl)cccc21. The van der Waals surface area contributed by atoms with E-state index in [1.807, 2.05) is 42.1 Å². The number of amides is 2. The number of carbonyl (C=O) groups is 2. The van der Waals surface area contributed by atoms with E-state index in [2.05, 4.69) is 10.6 Å². The second-order valence-corrected chi connectivity index (χ2v) is 11.4. The van der Waals surface area contributed by atoms with Crippen molar-refractivity contribution in [3.63, 3.8) is 0 Å². The van der Waals surface area contributed by atoms with E-state index in [1.54, 1.807) is 30.3 Å². The lowest BCUT2D eigenvalue weighted by Crippen LogP contribution is -2.18. The Hall–Kier alpha value is -2.41. The van der Waals surface area contributed by atoms with Crippen molar-refractivity contribution in [1.82, 2.24) is 4.57 Å². The molecule has 0 bridgehead atoms. The fraction of sp³-hybridized carbons (Fsp3) is 0.154. The average molecular weight is 582 g/mol. The number of anilines is 2. The summed E-state index contributed by atoms with van der Waals surface area (Å²) in [7, 11) is 1.93. The highest BCUT2D eigenvalue weighted by atomic mass is 35.5. The Morgan fingerprint density at radius 2 is 1.64 bits per heavy atom. The maximum atomic E-state index is 13.1. The third-order valence-electron chi connectivity index (χ3n) is 6.23. The van der Waals surface area contributed by atoms with Crippen molar-refractivity contribution in [1.29, 1.82) is 0 Å². The van der Waals surface area contributed by atoms with Gasteiger partial charge in [0.15, 0.2) is 0 Å². The molecule has 0 radical (unpaired) electrons. The molecule has 2 atom stereocenters. The van der Waals surface area contributed by atoms with Crippen molar-refractivity contribution in [3.8, 4) is 0 Å². The first kappa shape index (κ1) is 25.2. The smallest absolute Gasteiger partial charge is 0.257 e. The maximum Gasteiger partial charge on any atom is 0.257 e. The quantitative estimate of drug-likeness (QED) is 0.235. The molecule has 5 rings (SSSR count). The highest BCUT2D eigenvalue weighted by molar-refractivity contribution is 6.53. The molecule has 1 aliphatic rings. The van der Waals surface area contributed by atoms with Gasteiger partial charge in [-0.15, -0.1) is 23.2 Å². The Morgan fingerprint density at radius 3 is 2.36 bits per heavy atom. The number of aromatic nitrogens is 1. The summed E-state index contributed by atoms with van der Waals surface area (Å²) in [4.78, 5) is 26.2. The molecule has 10 heteroatoms. The number of halogens is 5. The molecule has 0 aliphatic heterocycles. The summed E-state index contributed by atoms with van der Waals surface area (Å²) >= 11 is 31.4. The molecule has 0 spiro atoms. The fourth-order valence-corrected chi connectivity index (χ4v) is 5.99. The highest BCUT2D eigenvalue weighted by Gasteiger charge is 2.67. The van der Waals surface area contributed by atoms with Gasteiger partial charge >= 0.3 is 0 Å². The van der Waals surface area contributed by atoms with Crippen molar-refractivity contribution in [3.05, 3.63) is 93.1 Å². The third-order valence-corrected chi connectivity index (χ3v) is 7.94. The van der Waals surface area contributed by atoms with Gasteiger partial charge in [-0.25, -0.2) is 0 Å². The van der Waals surface area contributed by atoms with Crippen LogP contribution in [0.25, 0.3) is 10.9 Å². The summed E-state index contributed by atoms with van der Waals surface area (Å²) in [6.07, 6.45) is 1.92. The van der Waals surface area contributed by atoms with Crippen LogP contribution in [0.15, 0.2) is 66.9 Å². The van der Waals surface area contributed by atoms with Gasteiger partial charge in [-0.1, -0.05) is 40.9 Å². The number of hydrogen-bond acceptors (Lipinski definition) is 2. The predicted molar refractivity (Wildman–Crippen MR) is 148 cm³/mol. The Balaban J connectivity index is 1.35. The molecular weight excluding hydrogens is 564 g/mol. The van der Waals surface area contributed by atoms with Crippen LogP contribution in [-0.2, 0) is 11.8 Å². The average Bonchev–Trinajstić information content (AvgIpc) is 3.19. The van der Waals surface area contributed by atoms with Gasteiger partial charge in [-0.05, 0) is 60.2 Å². The summed E-state index contributed by atoms with van der Waals surface area (Å²) < 4.78 is 0.642. The second-order valence-electron chi connectivity index (χ2n) is 8.64. The van der Waals surface area contributed by atoms with Gasteiger partial charge in [0.25, 0.3) is 5.91 Å². The fourth-order valence-electron chi connectivity index (χ4n) is 4.42. The lowest BCUT2D eigenvalue weighted by molar-refractivity contribution is -0.117. The standard InChI is InChI=1S/C26H18Cl5N3O2/c1-34-8-7-17-20(3-2-4-21(17)34)33-24(35)18-12-16(5-6-19(18)29)32-25(36)23-22(26(23,30)31)13-9-14(27)11-15(28)10-13/h2-12,22-23H,1H3,(H,32,36)(H,33,35)/t22-,23+/m0/s1. The Morgan fingerprint density at radius 1 is 0.917 bits per heavy atom. The van der Waals surface area contributed by atoms with Crippen LogP contribution in [0.4, 0.5) is 11.4 Å². The molecule has 1 aliphatic carbocycles. The summed E-state index contributed by atoms with van der Waals surface area (Å²) in [5.74, 6) is -2.03. The number of rotatable bonds is 5. The molecular formula is C26H18Cl5N3O2. The van der Waals surface area contributed by atoms with Crippen molar-refractivity contribution >= 4 is 92.1 Å². The van der Waals surface area contributed by atoms with E-state index in [1.165, 1.54) is 6.07 Å². The normalized spacial score (nSPS) is 18.2. The molecule has 1 saturated carbocycles. The van der Waals surface area contributed by atoms with Crippen LogP contribution in [-0.4, -0.2) is 20.7 Å². The zero-order chi connectivity index (χ0) is 25.8. The van der Waals surface area contributed by atoms with E-state index in [-0.39, 0.29) is 10.6 Å². The molecule has 2 N–H and O–H groups in total. The van der Waals surface area contributed by atoms with Gasteiger partial charge < -0.3 is 15.2 Å². The van der Waals surface area contributed by atoms with E-state index in [9.17, 15) is 9.59 Å². The van der Waals surface area contributed by atoms with E-state index < -0.39 is 28.0 Å². The van der Waals surface area contributed by atoms with Crippen molar-refractivity contribution in [2.75, 3.05) is 10.6 Å². The zero-order valence-electron chi connectivity index (χ0n) is 18.7. The largest absolute Gasteiger partial charge is 0.350 e. The summed E-state index contributed by atoms with van der Waals surface area (Å²) in [6, 6.07) is 17.2. The van der Waals surface area contributed by atoms with E-state index >= 15 is 0 Å². The predicted octanol–water partition coefficient (Wildman–Crippen LogP) is 7.92. The van der Waals surface area contributed by atoms with Gasteiger partial charge in [0, 0.05) is 45.8 Å². The molecule has 184 valence electrons. The van der Waals surface area contributed by atoms with E-state index in [0.717, 1.165) is 10.9 Å². The molecule has 1 aromatic heterocycles. The minimum absolute atomic E-state index is 0.208. The topological polar surface area (TPSA) is 63.1 Å². The van der Waals surface area contributed by atoms with Crippen molar-refractivity contribution < 1.29 is 9.59 Å². The molecule has 2 amide bonds. The van der Waals surface area contributed by atoms with Crippen LogP contribution >= 0.6 is 58.0 Å². The zero-order valence-corrected chi connectivity index (χ0v) is 22.4. The molecule has 1 fully saturated rings. The lowest BCUT2D eigenvalue weighted by atomic mass is 10.1. The lowest BCUT2D eigenvalue weighted by Gasteiger charge is -2.11. The molecule has 0 unspecified atom stereocenters. The van der Waals surface area contributed by atoms with Crippen LogP contribution in [0.2, 0.25) is 15.1 Å². The molecule has 4 aromatic rings. The number of aryl methyl sites for hydroxylation is 1. The van der Waals surface area contributed by atoms with Crippen molar-refractivity contribution in [2.24, 2.45) is 13.0 Å². The number of alkyl halides is 2. The number of hydrogen-bond donors (Lipinski definition) is 2. The number of carbonyl (C=O) groups excluding carboxylic acids is 2. The highest BCUT2D eigenvalue weighted by Crippen LogP contribution is 2.65. The van der Waals surface area contributed by atoms with Crippen LogP contribution < -0.4 is 10.6 Å². The van der Waals surface area contributed by atoms with Crippen molar-refractivity contribution in [2.45, 2.75) is 10.3 Å². The van der Waals surface area contributed by atoms with Crippen LogP contribution in [0, 0.1) is 5.92 Å². The molecule has 0 saturated heterocycles. The Labute approximate surface area is 232 Å². The first-order valence-corrected chi connectivity index (χ1v) is 12.7. The minimum atomic E-state index is -1.32. The number of fused-ring (bicyclic) bond motifs is 1. The first-order valence-electron chi connectivity index (χ1n) is 10.9. The summed E-state index contributed by atoms with van der Waals surface area (Å²) in [6.45, 7) is 0. The minimum Gasteiger partial charge on any atom is -0.350 e. The van der Waals surface area contributed by atoms with Gasteiger partial charge in [-0.3, -0.25) is 9.59 Å². The summed E-state index contributed by atoms with van der Waals surface area (Å²) in [5.41, 5.74) is 2.89. The van der Waals surface area contributed by atoms with Crippen LogP contribution in [0.3, 0.4) is 0 Å². The third kappa shape index (κ3) is 4.67. The van der Waals surface area contributed by atoms with E-state index in [4.69, 9.17) is 58.0 Å². The molecule has 36 heavy (non-hydrogen) atoms. The first-order chi connectivity index (χ1) is 17.1. The molecule has 1 heterocycles. The van der Waals surface area contributed by atoms with Crippen LogP contribution in [0.1, 0.15) is 21.8 Å². The summed E-state index contributed by atoms with van der Waals surface area (Å²) in [5, 5.41) is 7.69. The van der Waals surface area contributed by atoms with Gasteiger partial charge in [0.05, 0.1) is 22.2 Å². The Bertz CT molecular complexity index is 1510. The van der Waals surface area contributed by atoms with E-state index in [0.29, 0.717) is 27.0 Å².